The van der Waals surface area contributed by atoms with Gasteiger partial charge >= 0.3 is 0 Å². The van der Waals surface area contributed by atoms with Crippen molar-refractivity contribution in [1.29, 1.82) is 0 Å². The first-order valence-electron chi connectivity index (χ1n) is 8.10. The monoisotopic (exact) mass is 316 g/mol. The van der Waals surface area contributed by atoms with Gasteiger partial charge in [0.15, 0.2) is 0 Å². The summed E-state index contributed by atoms with van der Waals surface area (Å²) in [6.45, 7) is 4.66. The zero-order valence-corrected chi connectivity index (χ0v) is 14.2. The maximum absolute atomic E-state index is 12.6. The number of sulfonamides is 1. The molecule has 3 atom stereocenters. The lowest BCUT2D eigenvalue weighted by Crippen LogP contribution is -2.54. The molecule has 2 fully saturated rings. The van der Waals surface area contributed by atoms with E-state index in [1.807, 2.05) is 4.90 Å². The van der Waals surface area contributed by atoms with E-state index < -0.39 is 10.0 Å². The number of rotatable bonds is 4. The van der Waals surface area contributed by atoms with Crippen molar-refractivity contribution in [2.24, 2.45) is 11.8 Å². The molecule has 0 N–H and O–H groups in total. The molecular weight excluding hydrogens is 288 g/mol. The molecule has 2 aliphatic rings. The van der Waals surface area contributed by atoms with Crippen molar-refractivity contribution in [2.45, 2.75) is 52.0 Å². The maximum Gasteiger partial charge on any atom is 0.238 e. The smallest absolute Gasteiger partial charge is 0.238 e. The lowest BCUT2D eigenvalue weighted by Gasteiger charge is -2.47. The van der Waals surface area contributed by atoms with Gasteiger partial charge in [0.2, 0.25) is 15.9 Å². The molecule has 0 aromatic rings. The molecule has 2 rings (SSSR count). The SMILES string of the molecule is CCS(=O)(=O)N(C)CC(=O)N1CC[C@H](C)[C@H]2CCCC[C@@H]21. The molecule has 0 aromatic heterocycles. The van der Waals surface area contributed by atoms with Crippen LogP contribution in [0.5, 0.6) is 0 Å². The third kappa shape index (κ3) is 3.59. The molecule has 21 heavy (non-hydrogen) atoms. The van der Waals surface area contributed by atoms with Gasteiger partial charge in [-0.3, -0.25) is 4.79 Å². The Morgan fingerprint density at radius 3 is 2.57 bits per heavy atom. The van der Waals surface area contributed by atoms with E-state index in [4.69, 9.17) is 0 Å². The molecule has 1 heterocycles. The van der Waals surface area contributed by atoms with Crippen LogP contribution in [0.15, 0.2) is 0 Å². The molecule has 1 saturated heterocycles. The lowest BCUT2D eigenvalue weighted by atomic mass is 9.72. The molecule has 0 aromatic carbocycles. The van der Waals surface area contributed by atoms with Crippen molar-refractivity contribution in [3.63, 3.8) is 0 Å². The number of fused-ring (bicyclic) bond motifs is 1. The highest BCUT2D eigenvalue weighted by atomic mass is 32.2. The second-order valence-corrected chi connectivity index (χ2v) is 8.89. The van der Waals surface area contributed by atoms with Crippen LogP contribution in [0, 0.1) is 11.8 Å². The Balaban J connectivity index is 2.05. The van der Waals surface area contributed by atoms with Crippen LogP contribution in [-0.4, -0.2) is 55.5 Å². The van der Waals surface area contributed by atoms with Crippen molar-refractivity contribution in [3.8, 4) is 0 Å². The molecule has 0 spiro atoms. The van der Waals surface area contributed by atoms with Crippen molar-refractivity contribution >= 4 is 15.9 Å². The summed E-state index contributed by atoms with van der Waals surface area (Å²) >= 11 is 0. The number of hydrogen-bond acceptors (Lipinski definition) is 3. The van der Waals surface area contributed by atoms with E-state index in [2.05, 4.69) is 6.92 Å². The van der Waals surface area contributed by atoms with Crippen molar-refractivity contribution in [3.05, 3.63) is 0 Å². The largest absolute Gasteiger partial charge is 0.338 e. The number of carbonyl (C=O) groups excluding carboxylic acids is 1. The third-order valence-electron chi connectivity index (χ3n) is 5.26. The standard InChI is InChI=1S/C15H28N2O3S/c1-4-21(19,20)16(3)11-15(18)17-10-9-12(2)13-7-5-6-8-14(13)17/h12-14H,4-11H2,1-3H3/t12-,13+,14-/m0/s1. The van der Waals surface area contributed by atoms with Gasteiger partial charge < -0.3 is 4.90 Å². The molecule has 1 aliphatic carbocycles. The summed E-state index contributed by atoms with van der Waals surface area (Å²) in [5, 5.41) is 0. The average molecular weight is 316 g/mol. The number of nitrogens with zero attached hydrogens (tertiary/aromatic N) is 2. The van der Waals surface area contributed by atoms with Gasteiger partial charge in [-0.2, -0.15) is 4.31 Å². The van der Waals surface area contributed by atoms with Gasteiger partial charge in [0.05, 0.1) is 12.3 Å². The van der Waals surface area contributed by atoms with E-state index in [0.29, 0.717) is 17.9 Å². The van der Waals surface area contributed by atoms with Crippen LogP contribution in [0.1, 0.15) is 46.0 Å². The van der Waals surface area contributed by atoms with E-state index in [1.54, 1.807) is 6.92 Å². The molecule has 1 saturated carbocycles. The van der Waals surface area contributed by atoms with E-state index >= 15 is 0 Å². The number of likely N-dealkylation sites (N-methyl/N-ethyl adjacent to an activating group) is 1. The lowest BCUT2D eigenvalue weighted by molar-refractivity contribution is -0.139. The molecule has 6 heteroatoms. The Morgan fingerprint density at radius 1 is 1.24 bits per heavy atom. The number of hydrogen-bond donors (Lipinski definition) is 0. The maximum atomic E-state index is 12.6. The normalized spacial score (nSPS) is 30.3. The van der Waals surface area contributed by atoms with Gasteiger partial charge in [-0.25, -0.2) is 8.42 Å². The molecule has 1 aliphatic heterocycles. The van der Waals surface area contributed by atoms with Crippen LogP contribution in [0.2, 0.25) is 0 Å². The fourth-order valence-corrected chi connectivity index (χ4v) is 4.57. The fourth-order valence-electron chi connectivity index (χ4n) is 3.82. The molecule has 1 amide bonds. The van der Waals surface area contributed by atoms with Crippen molar-refractivity contribution < 1.29 is 13.2 Å². The first kappa shape index (κ1) is 16.7. The summed E-state index contributed by atoms with van der Waals surface area (Å²) in [5.41, 5.74) is 0. The molecule has 122 valence electrons. The van der Waals surface area contributed by atoms with Crippen LogP contribution < -0.4 is 0 Å². The summed E-state index contributed by atoms with van der Waals surface area (Å²) in [6.07, 6.45) is 5.76. The second-order valence-electron chi connectivity index (χ2n) is 6.53. The Bertz CT molecular complexity index is 477. The van der Waals surface area contributed by atoms with Crippen molar-refractivity contribution in [2.75, 3.05) is 25.9 Å². The Morgan fingerprint density at radius 2 is 1.90 bits per heavy atom. The van der Waals surface area contributed by atoms with Gasteiger partial charge in [0, 0.05) is 19.6 Å². The highest BCUT2D eigenvalue weighted by Gasteiger charge is 2.39. The summed E-state index contributed by atoms with van der Waals surface area (Å²) in [6, 6.07) is 0.327. The van der Waals surface area contributed by atoms with Crippen LogP contribution in [0.25, 0.3) is 0 Å². The van der Waals surface area contributed by atoms with Crippen LogP contribution in [-0.2, 0) is 14.8 Å². The first-order chi connectivity index (χ1) is 9.86. The zero-order chi connectivity index (χ0) is 15.6. The fraction of sp³-hybridized carbons (Fsp3) is 0.933. The van der Waals surface area contributed by atoms with Crippen LogP contribution in [0.4, 0.5) is 0 Å². The van der Waals surface area contributed by atoms with Gasteiger partial charge in [0.1, 0.15) is 0 Å². The quantitative estimate of drug-likeness (QED) is 0.793. The van der Waals surface area contributed by atoms with Gasteiger partial charge in [-0.05, 0) is 38.0 Å². The second kappa shape index (κ2) is 6.65. The van der Waals surface area contributed by atoms with Gasteiger partial charge in [-0.1, -0.05) is 19.8 Å². The predicted octanol–water partition coefficient (Wildman–Crippen LogP) is 1.70. The van der Waals surface area contributed by atoms with E-state index in [9.17, 15) is 13.2 Å². The zero-order valence-electron chi connectivity index (χ0n) is 13.4. The number of amides is 1. The van der Waals surface area contributed by atoms with Crippen LogP contribution >= 0.6 is 0 Å². The van der Waals surface area contributed by atoms with E-state index in [0.717, 1.165) is 19.4 Å². The minimum absolute atomic E-state index is 0.0201. The molecule has 5 nitrogen and oxygen atoms in total. The summed E-state index contributed by atoms with van der Waals surface area (Å²) in [7, 11) is -1.78. The van der Waals surface area contributed by atoms with E-state index in [-0.39, 0.29) is 18.2 Å². The highest BCUT2D eigenvalue weighted by molar-refractivity contribution is 7.89. The molecule has 0 unspecified atom stereocenters. The number of likely N-dealkylation sites (tertiary alicyclic amines) is 1. The molecule has 0 radical (unpaired) electrons. The average Bonchev–Trinajstić information content (AvgIpc) is 2.47. The Kier molecular flexibility index (Phi) is 5.30. The minimum Gasteiger partial charge on any atom is -0.338 e. The summed E-state index contributed by atoms with van der Waals surface area (Å²) < 4.78 is 24.8. The van der Waals surface area contributed by atoms with Crippen LogP contribution in [0.3, 0.4) is 0 Å². The third-order valence-corrected chi connectivity index (χ3v) is 7.06. The highest BCUT2D eigenvalue weighted by Crippen LogP contribution is 2.38. The topological polar surface area (TPSA) is 57.7 Å². The Hall–Kier alpha value is -0.620. The number of piperidine rings is 1. The summed E-state index contributed by atoms with van der Waals surface area (Å²) in [4.78, 5) is 14.5. The Labute approximate surface area is 128 Å². The van der Waals surface area contributed by atoms with Gasteiger partial charge in [0.25, 0.3) is 0 Å². The summed E-state index contributed by atoms with van der Waals surface area (Å²) in [5.74, 6) is 1.29. The molecular formula is C15H28N2O3S. The first-order valence-corrected chi connectivity index (χ1v) is 9.71. The molecule has 0 bridgehead atoms. The van der Waals surface area contributed by atoms with Crippen molar-refractivity contribution in [1.82, 2.24) is 9.21 Å². The number of carbonyl (C=O) groups is 1. The predicted molar refractivity (Wildman–Crippen MR) is 83.3 cm³/mol. The van der Waals surface area contributed by atoms with E-state index in [1.165, 1.54) is 30.6 Å². The van der Waals surface area contributed by atoms with Gasteiger partial charge in [-0.15, -0.1) is 0 Å². The minimum atomic E-state index is -3.29.